The summed E-state index contributed by atoms with van der Waals surface area (Å²) in [5.74, 6) is -1.90. The lowest BCUT2D eigenvalue weighted by Gasteiger charge is -2.34. The van der Waals surface area contributed by atoms with Gasteiger partial charge in [0, 0.05) is 31.8 Å². The Morgan fingerprint density at radius 2 is 1.93 bits per heavy atom. The van der Waals surface area contributed by atoms with E-state index in [4.69, 9.17) is 4.42 Å². The molecule has 1 unspecified atom stereocenters. The van der Waals surface area contributed by atoms with Gasteiger partial charge in [0.2, 0.25) is 15.9 Å². The van der Waals surface area contributed by atoms with Crippen molar-refractivity contribution in [2.24, 2.45) is 7.05 Å². The molecule has 8 nitrogen and oxygen atoms in total. The van der Waals surface area contributed by atoms with Crippen molar-refractivity contribution in [3.05, 3.63) is 64.4 Å². The van der Waals surface area contributed by atoms with Gasteiger partial charge < -0.3 is 9.73 Å². The number of piperazine rings is 1. The minimum atomic E-state index is -4.17. The zero-order valence-corrected chi connectivity index (χ0v) is 15.6. The van der Waals surface area contributed by atoms with Crippen LogP contribution in [-0.2, 0) is 21.9 Å². The van der Waals surface area contributed by atoms with Gasteiger partial charge in [-0.05, 0) is 18.2 Å². The van der Waals surface area contributed by atoms with E-state index in [0.717, 1.165) is 4.31 Å². The van der Waals surface area contributed by atoms with Crippen molar-refractivity contribution in [2.75, 3.05) is 13.1 Å². The van der Waals surface area contributed by atoms with Crippen LogP contribution in [-0.4, -0.2) is 36.3 Å². The van der Waals surface area contributed by atoms with Crippen LogP contribution in [0.25, 0.3) is 11.1 Å². The summed E-state index contributed by atoms with van der Waals surface area (Å²) in [5.41, 5.74) is 0.513. The summed E-state index contributed by atoms with van der Waals surface area (Å²) >= 11 is 0. The van der Waals surface area contributed by atoms with Gasteiger partial charge >= 0.3 is 5.76 Å². The fourth-order valence-electron chi connectivity index (χ4n) is 3.31. The molecule has 1 aliphatic heterocycles. The number of halogens is 1. The number of aromatic nitrogens is 1. The lowest BCUT2D eigenvalue weighted by Crippen LogP contribution is -2.52. The van der Waals surface area contributed by atoms with E-state index in [1.54, 1.807) is 0 Å². The number of amides is 1. The summed E-state index contributed by atoms with van der Waals surface area (Å²) in [6, 6.07) is 8.24. The molecule has 1 aromatic heterocycles. The van der Waals surface area contributed by atoms with Crippen LogP contribution in [0, 0.1) is 5.82 Å². The summed E-state index contributed by atoms with van der Waals surface area (Å²) in [5, 5.41) is 2.58. The quantitative estimate of drug-likeness (QED) is 0.704. The Morgan fingerprint density at radius 3 is 2.68 bits per heavy atom. The van der Waals surface area contributed by atoms with Crippen LogP contribution in [0.15, 0.2) is 56.6 Å². The summed E-state index contributed by atoms with van der Waals surface area (Å²) in [6.07, 6.45) is 0. The van der Waals surface area contributed by atoms with Crippen molar-refractivity contribution >= 4 is 27.0 Å². The minimum absolute atomic E-state index is 0.0240. The van der Waals surface area contributed by atoms with Crippen LogP contribution in [0.1, 0.15) is 11.6 Å². The van der Waals surface area contributed by atoms with Crippen molar-refractivity contribution < 1.29 is 22.0 Å². The van der Waals surface area contributed by atoms with Gasteiger partial charge in [0.15, 0.2) is 5.58 Å². The average molecular weight is 405 g/mol. The molecule has 1 N–H and O–H groups in total. The Bertz CT molecular complexity index is 1250. The molecule has 0 bridgehead atoms. The zero-order chi connectivity index (χ0) is 20.1. The van der Waals surface area contributed by atoms with Gasteiger partial charge in [-0.1, -0.05) is 18.2 Å². The van der Waals surface area contributed by atoms with Crippen LogP contribution in [0.4, 0.5) is 4.39 Å². The van der Waals surface area contributed by atoms with Crippen LogP contribution >= 0.6 is 0 Å². The maximum atomic E-state index is 14.3. The van der Waals surface area contributed by atoms with E-state index >= 15 is 0 Å². The third-order valence-corrected chi connectivity index (χ3v) is 6.60. The molecule has 1 aliphatic rings. The smallest absolute Gasteiger partial charge is 0.408 e. The van der Waals surface area contributed by atoms with E-state index in [2.05, 4.69) is 5.32 Å². The largest absolute Gasteiger partial charge is 0.419 e. The van der Waals surface area contributed by atoms with Crippen molar-refractivity contribution in [3.63, 3.8) is 0 Å². The maximum absolute atomic E-state index is 14.3. The van der Waals surface area contributed by atoms with Crippen molar-refractivity contribution in [1.82, 2.24) is 14.2 Å². The first-order valence-corrected chi connectivity index (χ1v) is 9.88. The van der Waals surface area contributed by atoms with E-state index < -0.39 is 33.5 Å². The second-order valence-corrected chi connectivity index (χ2v) is 8.28. The van der Waals surface area contributed by atoms with Gasteiger partial charge in [-0.2, -0.15) is 4.31 Å². The summed E-state index contributed by atoms with van der Waals surface area (Å²) in [4.78, 5) is 24.0. The third kappa shape index (κ3) is 2.81. The Labute approximate surface area is 159 Å². The van der Waals surface area contributed by atoms with Crippen LogP contribution in [0.3, 0.4) is 0 Å². The van der Waals surface area contributed by atoms with Gasteiger partial charge in [-0.15, -0.1) is 0 Å². The van der Waals surface area contributed by atoms with Gasteiger partial charge in [0.05, 0.1) is 10.4 Å². The predicted molar refractivity (Wildman–Crippen MR) is 97.5 cm³/mol. The van der Waals surface area contributed by atoms with E-state index in [1.165, 1.54) is 54.1 Å². The standard InChI is InChI=1S/C18H16FN3O5S/c1-21-14-7-6-11(10-15(14)27-18(21)24)28(25,26)22-9-8-20-17(23)16(22)12-4-2-3-5-13(12)19/h2-7,10,16H,8-9H2,1H3,(H,20,23). The Morgan fingerprint density at radius 1 is 1.18 bits per heavy atom. The molecule has 2 heterocycles. The molecule has 3 aromatic rings. The van der Waals surface area contributed by atoms with Crippen molar-refractivity contribution in [2.45, 2.75) is 10.9 Å². The number of hydrogen-bond donors (Lipinski definition) is 1. The molecule has 0 aliphatic carbocycles. The number of oxazole rings is 1. The summed E-state index contributed by atoms with van der Waals surface area (Å²) in [6.45, 7) is 0.0789. The van der Waals surface area contributed by atoms with E-state index in [9.17, 15) is 22.4 Å². The number of rotatable bonds is 3. The predicted octanol–water partition coefficient (Wildman–Crippen LogP) is 1.13. The first-order chi connectivity index (χ1) is 13.3. The number of carbonyl (C=O) groups is 1. The van der Waals surface area contributed by atoms with Crippen LogP contribution < -0.4 is 11.1 Å². The molecule has 10 heteroatoms. The van der Waals surface area contributed by atoms with Crippen molar-refractivity contribution in [3.8, 4) is 0 Å². The Balaban J connectivity index is 1.83. The number of aryl methyl sites for hydroxylation is 1. The lowest BCUT2D eigenvalue weighted by atomic mass is 10.0. The Hall–Kier alpha value is -2.98. The third-order valence-electron chi connectivity index (χ3n) is 4.74. The first kappa shape index (κ1) is 18.4. The summed E-state index contributed by atoms with van der Waals surface area (Å²) < 4.78 is 48.1. The van der Waals surface area contributed by atoms with E-state index in [0.29, 0.717) is 5.52 Å². The lowest BCUT2D eigenvalue weighted by molar-refractivity contribution is -0.127. The highest BCUT2D eigenvalue weighted by Crippen LogP contribution is 2.32. The van der Waals surface area contributed by atoms with Gasteiger partial charge in [-0.25, -0.2) is 17.6 Å². The molecule has 1 saturated heterocycles. The highest BCUT2D eigenvalue weighted by molar-refractivity contribution is 7.89. The Kier molecular flexibility index (Phi) is 4.31. The second-order valence-electron chi connectivity index (χ2n) is 6.39. The molecule has 1 amide bonds. The van der Waals surface area contributed by atoms with Crippen molar-refractivity contribution in [1.29, 1.82) is 0 Å². The molecule has 0 saturated carbocycles. The highest BCUT2D eigenvalue weighted by Gasteiger charge is 2.40. The number of carbonyl (C=O) groups excluding carboxylic acids is 1. The minimum Gasteiger partial charge on any atom is -0.408 e. The topological polar surface area (TPSA) is 102 Å². The van der Waals surface area contributed by atoms with Gasteiger partial charge in [0.25, 0.3) is 0 Å². The monoisotopic (exact) mass is 405 g/mol. The van der Waals surface area contributed by atoms with Crippen LogP contribution in [0.5, 0.6) is 0 Å². The maximum Gasteiger partial charge on any atom is 0.419 e. The molecule has 4 rings (SSSR count). The SMILES string of the molecule is Cn1c(=O)oc2cc(S(=O)(=O)N3CCNC(=O)C3c3ccccc3F)ccc21. The van der Waals surface area contributed by atoms with E-state index in [-0.39, 0.29) is 29.1 Å². The fraction of sp³-hybridized carbons (Fsp3) is 0.222. The summed E-state index contributed by atoms with van der Waals surface area (Å²) in [7, 11) is -2.66. The number of nitrogens with zero attached hydrogens (tertiary/aromatic N) is 2. The molecule has 2 aromatic carbocycles. The first-order valence-electron chi connectivity index (χ1n) is 8.44. The molecule has 1 fully saturated rings. The molecular weight excluding hydrogens is 389 g/mol. The number of benzene rings is 2. The van der Waals surface area contributed by atoms with E-state index in [1.807, 2.05) is 0 Å². The number of fused-ring (bicyclic) bond motifs is 1. The number of sulfonamides is 1. The molecular formula is C18H16FN3O5S. The molecule has 28 heavy (non-hydrogen) atoms. The number of hydrogen-bond acceptors (Lipinski definition) is 5. The van der Waals surface area contributed by atoms with Gasteiger partial charge in [-0.3, -0.25) is 9.36 Å². The second kappa shape index (κ2) is 6.57. The molecule has 0 radical (unpaired) electrons. The zero-order valence-electron chi connectivity index (χ0n) is 14.8. The highest BCUT2D eigenvalue weighted by atomic mass is 32.2. The molecule has 0 spiro atoms. The fourth-order valence-corrected chi connectivity index (χ4v) is 4.89. The normalized spacial score (nSPS) is 18.4. The average Bonchev–Trinajstić information content (AvgIpc) is 2.96. The molecule has 1 atom stereocenters. The molecule has 146 valence electrons. The van der Waals surface area contributed by atoms with Crippen LogP contribution in [0.2, 0.25) is 0 Å². The number of nitrogens with one attached hydrogen (secondary N) is 1. The van der Waals surface area contributed by atoms with Gasteiger partial charge in [0.1, 0.15) is 11.9 Å².